The molecule has 2 aliphatic heterocycles. The summed E-state index contributed by atoms with van der Waals surface area (Å²) in [4.78, 5) is 70.9. The molecule has 0 aromatic heterocycles. The number of nitrogens with two attached hydrogens (primary N) is 1. The van der Waals surface area contributed by atoms with Gasteiger partial charge in [-0.05, 0) is 37.5 Å². The van der Waals surface area contributed by atoms with Crippen molar-refractivity contribution < 1.29 is 58.8 Å². The molecule has 5 rings (SSSR count). The number of nitrogens with one attached hydrogen (secondary N) is 1. The van der Waals surface area contributed by atoms with E-state index in [0.717, 1.165) is 11.1 Å². The summed E-state index contributed by atoms with van der Waals surface area (Å²) in [6.45, 7) is 6.05. The largest absolute Gasteiger partial charge is 0.481 e. The first kappa shape index (κ1) is 42.2. The lowest BCUT2D eigenvalue weighted by Crippen LogP contribution is -2.54. The quantitative estimate of drug-likeness (QED) is 0.0778. The molecule has 0 radical (unpaired) electrons. The second-order valence-corrected chi connectivity index (χ2v) is 13.4. The van der Waals surface area contributed by atoms with E-state index < -0.39 is 71.3 Å². The molecule has 7 N–H and O–H groups in total. The number of benzene rings is 3. The van der Waals surface area contributed by atoms with E-state index in [2.05, 4.69) is 34.5 Å². The van der Waals surface area contributed by atoms with Gasteiger partial charge in [0.2, 0.25) is 0 Å². The standard InChI is InChI=1S/C33H34N4O6.C6H8O7/c1-20(2)42-32(38)27-21(3)35-31(34)29(28(27)24-15-10-16-25(17-24)37(40)41)33(39)43-26-18-36(19-26)30(22-11-6-4-7-12-22)23-13-8-5-9-14-23;7-3(8)1-6(13,5(11)12)2-4(9)10/h4-17,20,26,28,30,35H,18-19,34H2,1-3H3;13H,1-2H2,(H,7,8)(H,9,10)(H,11,12). The monoisotopic (exact) mass is 774 g/mol. The van der Waals surface area contributed by atoms with Gasteiger partial charge >= 0.3 is 29.8 Å². The van der Waals surface area contributed by atoms with Gasteiger partial charge in [0.15, 0.2) is 5.60 Å². The highest BCUT2D eigenvalue weighted by Gasteiger charge is 2.43. The van der Waals surface area contributed by atoms with Gasteiger partial charge in [-0.1, -0.05) is 72.8 Å². The minimum atomic E-state index is -2.74. The molecule has 1 saturated heterocycles. The maximum absolute atomic E-state index is 13.8. The smallest absolute Gasteiger partial charge is 0.339 e. The van der Waals surface area contributed by atoms with Gasteiger partial charge in [-0.3, -0.25) is 24.6 Å². The average molecular weight is 775 g/mol. The predicted octanol–water partition coefficient (Wildman–Crippen LogP) is 3.45. The lowest BCUT2D eigenvalue weighted by atomic mass is 9.81. The summed E-state index contributed by atoms with van der Waals surface area (Å²) in [5.41, 5.74) is 6.57. The van der Waals surface area contributed by atoms with E-state index in [9.17, 15) is 34.1 Å². The highest BCUT2D eigenvalue weighted by molar-refractivity contribution is 6.00. The summed E-state index contributed by atoms with van der Waals surface area (Å²) >= 11 is 0. The molecule has 0 saturated carbocycles. The number of carbonyl (C=O) groups excluding carboxylic acids is 2. The lowest BCUT2D eigenvalue weighted by molar-refractivity contribution is -0.384. The molecule has 0 bridgehead atoms. The molecule has 296 valence electrons. The summed E-state index contributed by atoms with van der Waals surface area (Å²) in [6, 6.07) is 26.0. The lowest BCUT2D eigenvalue weighted by Gasteiger charge is -2.44. The zero-order chi connectivity index (χ0) is 41.3. The number of nitrogens with zero attached hydrogens (tertiary/aromatic N) is 2. The molecular weight excluding hydrogens is 732 g/mol. The Morgan fingerprint density at radius 1 is 0.875 bits per heavy atom. The van der Waals surface area contributed by atoms with Gasteiger partial charge < -0.3 is 41.0 Å². The van der Waals surface area contributed by atoms with Crippen molar-refractivity contribution in [1.82, 2.24) is 10.2 Å². The summed E-state index contributed by atoms with van der Waals surface area (Å²) in [5, 5.41) is 48.3. The van der Waals surface area contributed by atoms with E-state index in [1.165, 1.54) is 18.2 Å². The predicted molar refractivity (Wildman–Crippen MR) is 197 cm³/mol. The van der Waals surface area contributed by atoms with Crippen LogP contribution in [0.1, 0.15) is 62.3 Å². The molecule has 56 heavy (non-hydrogen) atoms. The van der Waals surface area contributed by atoms with Crippen molar-refractivity contribution in [1.29, 1.82) is 0 Å². The Hall–Kier alpha value is -6.59. The number of aliphatic carboxylic acids is 3. The number of nitro benzene ring substituents is 1. The Balaban J connectivity index is 0.000000460. The average Bonchev–Trinajstić information content (AvgIpc) is 3.10. The summed E-state index contributed by atoms with van der Waals surface area (Å²) in [6.07, 6.45) is -3.14. The van der Waals surface area contributed by atoms with Crippen molar-refractivity contribution in [3.8, 4) is 0 Å². The van der Waals surface area contributed by atoms with E-state index in [-0.39, 0.29) is 28.7 Å². The molecule has 1 atom stereocenters. The number of hydrogen-bond donors (Lipinski definition) is 6. The van der Waals surface area contributed by atoms with Crippen molar-refractivity contribution >= 4 is 35.5 Å². The van der Waals surface area contributed by atoms with Gasteiger partial charge in [0.1, 0.15) is 11.9 Å². The number of non-ortho nitro benzene ring substituents is 1. The fourth-order valence-electron chi connectivity index (χ4n) is 6.35. The second-order valence-electron chi connectivity index (χ2n) is 13.4. The Labute approximate surface area is 320 Å². The van der Waals surface area contributed by atoms with E-state index in [0.29, 0.717) is 24.4 Å². The Morgan fingerprint density at radius 3 is 1.88 bits per heavy atom. The minimum absolute atomic E-state index is 0.00271. The number of rotatable bonds is 14. The number of carbonyl (C=O) groups is 5. The molecule has 17 nitrogen and oxygen atoms in total. The zero-order valence-electron chi connectivity index (χ0n) is 30.7. The van der Waals surface area contributed by atoms with Gasteiger partial charge in [0.05, 0.1) is 47.0 Å². The maximum atomic E-state index is 13.8. The number of esters is 2. The van der Waals surface area contributed by atoms with Crippen LogP contribution in [0, 0.1) is 10.1 Å². The van der Waals surface area contributed by atoms with Crippen molar-refractivity contribution in [3.63, 3.8) is 0 Å². The molecule has 1 fully saturated rings. The zero-order valence-corrected chi connectivity index (χ0v) is 30.7. The van der Waals surface area contributed by atoms with E-state index in [1.54, 1.807) is 26.8 Å². The second kappa shape index (κ2) is 18.2. The molecule has 2 aliphatic rings. The molecule has 0 spiro atoms. The molecule has 2 heterocycles. The summed E-state index contributed by atoms with van der Waals surface area (Å²) in [5.74, 6) is -7.39. The first-order valence-electron chi connectivity index (χ1n) is 17.3. The number of likely N-dealkylation sites (tertiary alicyclic amines) is 1. The minimum Gasteiger partial charge on any atom is -0.481 e. The van der Waals surface area contributed by atoms with Crippen LogP contribution in [0.25, 0.3) is 0 Å². The van der Waals surface area contributed by atoms with Crippen molar-refractivity contribution in [2.24, 2.45) is 5.73 Å². The normalized spacial score (nSPS) is 15.9. The van der Waals surface area contributed by atoms with Crippen LogP contribution in [0.3, 0.4) is 0 Å². The highest BCUT2D eigenvalue weighted by atomic mass is 16.6. The molecule has 3 aromatic carbocycles. The number of dihydropyridines is 1. The van der Waals surface area contributed by atoms with Crippen LogP contribution in [0.4, 0.5) is 5.69 Å². The van der Waals surface area contributed by atoms with E-state index in [4.69, 9.17) is 35.6 Å². The van der Waals surface area contributed by atoms with Crippen LogP contribution >= 0.6 is 0 Å². The van der Waals surface area contributed by atoms with Crippen LogP contribution in [0.5, 0.6) is 0 Å². The number of carboxylic acid groups (broad SMARTS) is 3. The van der Waals surface area contributed by atoms with Crippen LogP contribution in [-0.2, 0) is 33.4 Å². The highest BCUT2D eigenvalue weighted by Crippen LogP contribution is 2.40. The van der Waals surface area contributed by atoms with Crippen molar-refractivity contribution in [2.75, 3.05) is 13.1 Å². The third kappa shape index (κ3) is 10.3. The Bertz CT molecular complexity index is 1970. The Kier molecular flexibility index (Phi) is 13.7. The van der Waals surface area contributed by atoms with E-state index in [1.807, 2.05) is 36.4 Å². The topological polar surface area (TPSA) is 269 Å². The number of hydrogen-bond acceptors (Lipinski definition) is 13. The maximum Gasteiger partial charge on any atom is 0.339 e. The van der Waals surface area contributed by atoms with Crippen LogP contribution in [0.2, 0.25) is 0 Å². The fourth-order valence-corrected chi connectivity index (χ4v) is 6.35. The van der Waals surface area contributed by atoms with Gasteiger partial charge in [-0.2, -0.15) is 0 Å². The number of nitro groups is 1. The van der Waals surface area contributed by atoms with Crippen molar-refractivity contribution in [2.45, 2.75) is 63.4 Å². The fraction of sp³-hybridized carbons (Fsp3) is 0.308. The summed E-state index contributed by atoms with van der Waals surface area (Å²) < 4.78 is 11.5. The first-order chi connectivity index (χ1) is 26.4. The molecule has 0 amide bonds. The van der Waals surface area contributed by atoms with E-state index >= 15 is 0 Å². The van der Waals surface area contributed by atoms with Crippen molar-refractivity contribution in [3.05, 3.63) is 134 Å². The van der Waals surface area contributed by atoms with Gasteiger partial charge in [-0.25, -0.2) is 14.4 Å². The SMILES string of the molecule is CC1=C(C(=O)OC(C)C)C(c2cccc([N+](=O)[O-])c2)C(C(=O)OC2CN(C(c3ccccc3)c3ccccc3)C2)=C(N)N1.O=C(O)CC(O)(CC(=O)O)C(=O)O. The van der Waals surface area contributed by atoms with Gasteiger partial charge in [0.25, 0.3) is 5.69 Å². The number of allylic oxidation sites excluding steroid dienone is 1. The molecule has 17 heteroatoms. The Morgan fingerprint density at radius 2 is 1.41 bits per heavy atom. The number of ether oxygens (including phenoxy) is 2. The van der Waals surface area contributed by atoms with Crippen LogP contribution in [-0.4, -0.2) is 91.0 Å². The summed E-state index contributed by atoms with van der Waals surface area (Å²) in [7, 11) is 0. The molecule has 0 aliphatic carbocycles. The molecule has 3 aromatic rings. The van der Waals surface area contributed by atoms with Gasteiger partial charge in [0, 0.05) is 30.9 Å². The molecular formula is C39H42N4O13. The number of aliphatic hydroxyl groups is 1. The number of carboxylic acids is 3. The third-order valence-electron chi connectivity index (χ3n) is 8.82. The van der Waals surface area contributed by atoms with Gasteiger partial charge in [-0.15, -0.1) is 0 Å². The molecule has 1 unspecified atom stereocenters. The van der Waals surface area contributed by atoms with Crippen LogP contribution in [0.15, 0.2) is 108 Å². The van der Waals surface area contributed by atoms with Crippen LogP contribution < -0.4 is 11.1 Å². The third-order valence-corrected chi connectivity index (χ3v) is 8.82. The first-order valence-corrected chi connectivity index (χ1v) is 17.3.